The molecule has 0 amide bonds. The Morgan fingerprint density at radius 3 is 3.00 bits per heavy atom. The number of carbonyl (C=O) groups is 1. The van der Waals surface area contributed by atoms with Crippen LogP contribution in [0, 0.1) is 5.92 Å². The Morgan fingerprint density at radius 1 is 1.21 bits per heavy atom. The molecule has 0 radical (unpaired) electrons. The first-order chi connectivity index (χ1) is 6.86. The molecule has 1 aliphatic heterocycles. The molecule has 0 aromatic heterocycles. The van der Waals surface area contributed by atoms with Crippen LogP contribution >= 0.6 is 0 Å². The molecule has 1 fully saturated rings. The van der Waals surface area contributed by atoms with Crippen molar-refractivity contribution in [2.45, 2.75) is 25.4 Å². The van der Waals surface area contributed by atoms with Crippen molar-refractivity contribution < 1.29 is 9.53 Å². The highest BCUT2D eigenvalue weighted by Gasteiger charge is 2.39. The van der Waals surface area contributed by atoms with Gasteiger partial charge in [-0.2, -0.15) is 0 Å². The molecule has 0 spiro atoms. The summed E-state index contributed by atoms with van der Waals surface area (Å²) < 4.78 is 5.81. The Morgan fingerprint density at radius 2 is 2.07 bits per heavy atom. The largest absolute Gasteiger partial charge is 0.489 e. The third-order valence-corrected chi connectivity index (χ3v) is 3.22. The van der Waals surface area contributed by atoms with Gasteiger partial charge in [-0.05, 0) is 31.4 Å². The highest BCUT2D eigenvalue weighted by atomic mass is 16.5. The molecule has 1 saturated carbocycles. The summed E-state index contributed by atoms with van der Waals surface area (Å²) >= 11 is 0. The monoisotopic (exact) mass is 188 g/mol. The second-order valence-corrected chi connectivity index (χ2v) is 4.05. The Kier molecular flexibility index (Phi) is 1.63. The van der Waals surface area contributed by atoms with Crippen LogP contribution < -0.4 is 4.74 Å². The summed E-state index contributed by atoms with van der Waals surface area (Å²) in [4.78, 5) is 12.0. The van der Waals surface area contributed by atoms with E-state index in [0.717, 1.165) is 30.6 Å². The van der Waals surface area contributed by atoms with Crippen LogP contribution in [0.5, 0.6) is 5.75 Å². The smallest absolute Gasteiger partial charge is 0.173 e. The third-order valence-electron chi connectivity index (χ3n) is 3.22. The minimum atomic E-state index is 0.130. The molecular weight excluding hydrogens is 176 g/mol. The Hall–Kier alpha value is -1.31. The lowest BCUT2D eigenvalue weighted by molar-refractivity contribution is 0.0730. The second-order valence-electron chi connectivity index (χ2n) is 4.05. The fourth-order valence-electron chi connectivity index (χ4n) is 2.50. The van der Waals surface area contributed by atoms with Gasteiger partial charge < -0.3 is 4.74 Å². The molecule has 2 unspecified atom stereocenters. The van der Waals surface area contributed by atoms with Crippen molar-refractivity contribution in [1.82, 2.24) is 0 Å². The fourth-order valence-corrected chi connectivity index (χ4v) is 2.50. The molecule has 2 nitrogen and oxygen atoms in total. The van der Waals surface area contributed by atoms with Gasteiger partial charge in [0, 0.05) is 0 Å². The molecular formula is C12H12O2. The number of benzene rings is 1. The minimum absolute atomic E-state index is 0.130. The molecule has 2 atom stereocenters. The number of ketones is 1. The van der Waals surface area contributed by atoms with Crippen LogP contribution in [0.1, 0.15) is 29.6 Å². The summed E-state index contributed by atoms with van der Waals surface area (Å²) in [6.07, 6.45) is 3.30. The summed E-state index contributed by atoms with van der Waals surface area (Å²) in [7, 11) is 0. The van der Waals surface area contributed by atoms with Gasteiger partial charge in [-0.1, -0.05) is 12.1 Å². The maximum Gasteiger partial charge on any atom is 0.173 e. The van der Waals surface area contributed by atoms with Crippen molar-refractivity contribution in [1.29, 1.82) is 0 Å². The van der Waals surface area contributed by atoms with Gasteiger partial charge in [0.1, 0.15) is 11.9 Å². The second kappa shape index (κ2) is 2.84. The minimum Gasteiger partial charge on any atom is -0.489 e. The number of fused-ring (bicyclic) bond motifs is 2. The van der Waals surface area contributed by atoms with Crippen LogP contribution in [0.4, 0.5) is 0 Å². The molecule has 0 saturated heterocycles. The van der Waals surface area contributed by atoms with Crippen molar-refractivity contribution in [2.75, 3.05) is 0 Å². The molecule has 72 valence electrons. The average molecular weight is 188 g/mol. The Bertz CT molecular complexity index is 384. The normalized spacial score (nSPS) is 29.3. The van der Waals surface area contributed by atoms with Gasteiger partial charge in [0.15, 0.2) is 5.78 Å². The van der Waals surface area contributed by atoms with E-state index in [2.05, 4.69) is 0 Å². The van der Waals surface area contributed by atoms with E-state index in [4.69, 9.17) is 4.74 Å². The summed E-state index contributed by atoms with van der Waals surface area (Å²) in [5, 5.41) is 0. The lowest BCUT2D eigenvalue weighted by Gasteiger charge is -2.27. The van der Waals surface area contributed by atoms with Gasteiger partial charge in [0.05, 0.1) is 11.5 Å². The Labute approximate surface area is 82.9 Å². The van der Waals surface area contributed by atoms with Gasteiger partial charge in [-0.25, -0.2) is 0 Å². The predicted molar refractivity (Wildman–Crippen MR) is 52.5 cm³/mol. The standard InChI is InChI=1S/C12H12O2/c13-12-8-4-1-2-6-10(8)14-11-7-3-5-9(11)12/h1-2,4,6,9,11H,3,5,7H2. The first-order valence-electron chi connectivity index (χ1n) is 5.16. The zero-order chi connectivity index (χ0) is 9.54. The van der Waals surface area contributed by atoms with Crippen LogP contribution in [-0.2, 0) is 0 Å². The van der Waals surface area contributed by atoms with Gasteiger partial charge in [0.2, 0.25) is 0 Å². The van der Waals surface area contributed by atoms with E-state index >= 15 is 0 Å². The van der Waals surface area contributed by atoms with Crippen molar-refractivity contribution in [2.24, 2.45) is 5.92 Å². The number of hydrogen-bond donors (Lipinski definition) is 0. The number of rotatable bonds is 0. The zero-order valence-electron chi connectivity index (χ0n) is 7.90. The van der Waals surface area contributed by atoms with Crippen LogP contribution in [0.15, 0.2) is 24.3 Å². The van der Waals surface area contributed by atoms with Crippen molar-refractivity contribution in [3.8, 4) is 5.75 Å². The number of Topliss-reactive ketones (excluding diaryl/α,β-unsaturated/α-hetero) is 1. The van der Waals surface area contributed by atoms with Crippen LogP contribution in [0.3, 0.4) is 0 Å². The average Bonchev–Trinajstić information content (AvgIpc) is 2.66. The summed E-state index contributed by atoms with van der Waals surface area (Å²) in [5.41, 5.74) is 0.774. The Balaban J connectivity index is 2.08. The lowest BCUT2D eigenvalue weighted by Crippen LogP contribution is -2.33. The quantitative estimate of drug-likeness (QED) is 0.625. The molecule has 2 heteroatoms. The molecule has 2 aliphatic rings. The molecule has 0 N–H and O–H groups in total. The van der Waals surface area contributed by atoms with E-state index < -0.39 is 0 Å². The molecule has 3 rings (SSSR count). The first-order valence-corrected chi connectivity index (χ1v) is 5.16. The maximum atomic E-state index is 12.0. The van der Waals surface area contributed by atoms with Gasteiger partial charge in [-0.15, -0.1) is 0 Å². The van der Waals surface area contributed by atoms with Crippen LogP contribution in [0.25, 0.3) is 0 Å². The van der Waals surface area contributed by atoms with Crippen LogP contribution in [-0.4, -0.2) is 11.9 Å². The summed E-state index contributed by atoms with van der Waals surface area (Å²) in [5.74, 6) is 1.19. The predicted octanol–water partition coefficient (Wildman–Crippen LogP) is 2.43. The van der Waals surface area contributed by atoms with Crippen molar-refractivity contribution in [3.05, 3.63) is 29.8 Å². The molecule has 0 bridgehead atoms. The van der Waals surface area contributed by atoms with E-state index in [1.807, 2.05) is 24.3 Å². The number of carbonyl (C=O) groups excluding carboxylic acids is 1. The van der Waals surface area contributed by atoms with Gasteiger partial charge in [0.25, 0.3) is 0 Å². The summed E-state index contributed by atoms with van der Waals surface area (Å²) in [6, 6.07) is 7.57. The summed E-state index contributed by atoms with van der Waals surface area (Å²) in [6.45, 7) is 0. The topological polar surface area (TPSA) is 26.3 Å². The number of hydrogen-bond acceptors (Lipinski definition) is 2. The van der Waals surface area contributed by atoms with Crippen molar-refractivity contribution in [3.63, 3.8) is 0 Å². The van der Waals surface area contributed by atoms with Crippen molar-refractivity contribution >= 4 is 5.78 Å². The highest BCUT2D eigenvalue weighted by molar-refractivity contribution is 6.01. The SMILES string of the molecule is O=C1c2ccccc2OC2CCCC12. The zero-order valence-corrected chi connectivity index (χ0v) is 7.90. The molecule has 1 aliphatic carbocycles. The van der Waals surface area contributed by atoms with E-state index in [1.54, 1.807) is 0 Å². The molecule has 1 aromatic rings. The van der Waals surface area contributed by atoms with Gasteiger partial charge in [-0.3, -0.25) is 4.79 Å². The molecule has 1 heterocycles. The van der Waals surface area contributed by atoms with Gasteiger partial charge >= 0.3 is 0 Å². The highest BCUT2D eigenvalue weighted by Crippen LogP contribution is 2.38. The molecule has 14 heavy (non-hydrogen) atoms. The lowest BCUT2D eigenvalue weighted by atomic mass is 9.91. The first kappa shape index (κ1) is 8.04. The van der Waals surface area contributed by atoms with E-state index in [-0.39, 0.29) is 17.8 Å². The van der Waals surface area contributed by atoms with E-state index in [0.29, 0.717) is 0 Å². The maximum absolute atomic E-state index is 12.0. The van der Waals surface area contributed by atoms with E-state index in [9.17, 15) is 4.79 Å². The number of ether oxygens (including phenoxy) is 1. The molecule has 1 aromatic carbocycles. The van der Waals surface area contributed by atoms with E-state index in [1.165, 1.54) is 0 Å². The van der Waals surface area contributed by atoms with Crippen LogP contribution in [0.2, 0.25) is 0 Å². The fraction of sp³-hybridized carbons (Fsp3) is 0.417. The number of para-hydroxylation sites is 1. The third kappa shape index (κ3) is 0.999.